The van der Waals surface area contributed by atoms with Gasteiger partial charge in [-0.05, 0) is 52.5 Å². The molecule has 6 nitrogen and oxygen atoms in total. The molecular formula is C17H16BrF3N4O2. The Balaban J connectivity index is 2.07. The van der Waals surface area contributed by atoms with Crippen LogP contribution in [-0.4, -0.2) is 27.2 Å². The van der Waals surface area contributed by atoms with Crippen LogP contribution in [0.4, 0.5) is 29.6 Å². The van der Waals surface area contributed by atoms with Gasteiger partial charge in [-0.25, -0.2) is 14.8 Å². The van der Waals surface area contributed by atoms with E-state index < -0.39 is 23.9 Å². The van der Waals surface area contributed by atoms with Crippen molar-refractivity contribution in [2.24, 2.45) is 0 Å². The normalized spacial score (nSPS) is 19.5. The summed E-state index contributed by atoms with van der Waals surface area (Å²) >= 11 is 3.22. The molecule has 0 saturated heterocycles. The number of anilines is 2. The van der Waals surface area contributed by atoms with E-state index >= 15 is 0 Å². The van der Waals surface area contributed by atoms with E-state index in [1.165, 1.54) is 18.5 Å². The summed E-state index contributed by atoms with van der Waals surface area (Å²) in [5.74, 6) is 0.255. The smallest absolute Gasteiger partial charge is 0.416 e. The van der Waals surface area contributed by atoms with Gasteiger partial charge < -0.3 is 10.4 Å². The summed E-state index contributed by atoms with van der Waals surface area (Å²) in [4.78, 5) is 21.1. The molecule has 0 aliphatic carbocycles. The van der Waals surface area contributed by atoms with E-state index in [9.17, 15) is 23.1 Å². The molecule has 3 rings (SSSR count). The van der Waals surface area contributed by atoms with Gasteiger partial charge in [0.25, 0.3) is 0 Å². The fraction of sp³-hybridized carbons (Fsp3) is 0.353. The Kier molecular flexibility index (Phi) is 5.27. The largest absolute Gasteiger partial charge is 0.465 e. The summed E-state index contributed by atoms with van der Waals surface area (Å²) in [6, 6.07) is 2.18. The van der Waals surface area contributed by atoms with Gasteiger partial charge in [0.05, 0.1) is 21.8 Å². The van der Waals surface area contributed by atoms with E-state index in [0.717, 1.165) is 17.0 Å². The molecule has 10 heteroatoms. The van der Waals surface area contributed by atoms with Crippen LogP contribution in [-0.2, 0) is 6.18 Å². The fourth-order valence-electron chi connectivity index (χ4n) is 3.22. The van der Waals surface area contributed by atoms with Gasteiger partial charge in [0.2, 0.25) is 5.95 Å². The number of carbonyl (C=O) groups is 1. The average Bonchev–Trinajstić information content (AvgIpc) is 2.61. The van der Waals surface area contributed by atoms with Gasteiger partial charge in [-0.3, -0.25) is 4.90 Å². The molecule has 0 saturated carbocycles. The number of hydrogen-bond donors (Lipinski definition) is 2. The molecular weight excluding hydrogens is 429 g/mol. The van der Waals surface area contributed by atoms with Crippen molar-refractivity contribution in [3.63, 3.8) is 0 Å². The summed E-state index contributed by atoms with van der Waals surface area (Å²) in [6.07, 6.45) is -1.86. The summed E-state index contributed by atoms with van der Waals surface area (Å²) < 4.78 is 40.2. The molecule has 0 bridgehead atoms. The number of carboxylic acid groups (broad SMARTS) is 1. The highest BCUT2D eigenvalue weighted by molar-refractivity contribution is 9.10. The third kappa shape index (κ3) is 4.00. The minimum Gasteiger partial charge on any atom is -0.465 e. The van der Waals surface area contributed by atoms with Crippen molar-refractivity contribution in [3.8, 4) is 0 Å². The number of fused-ring (bicyclic) bond motifs is 1. The number of benzene rings is 1. The van der Waals surface area contributed by atoms with Crippen LogP contribution in [0.2, 0.25) is 0 Å². The van der Waals surface area contributed by atoms with Crippen molar-refractivity contribution in [2.75, 3.05) is 10.2 Å². The first kappa shape index (κ1) is 19.4. The number of nitrogens with one attached hydrogen (secondary N) is 1. The first-order valence-electron chi connectivity index (χ1n) is 8.18. The minimum atomic E-state index is -4.52. The SMILES string of the molecule is CCC1CC(Nc2ncc(Br)cn2)c2cc(C(F)(F)F)ccc2N1C(=O)O. The van der Waals surface area contributed by atoms with Crippen LogP contribution in [0.5, 0.6) is 0 Å². The van der Waals surface area contributed by atoms with Gasteiger partial charge in [-0.1, -0.05) is 6.92 Å². The Morgan fingerprint density at radius 2 is 2.04 bits per heavy atom. The fourth-order valence-corrected chi connectivity index (χ4v) is 3.42. The number of rotatable bonds is 3. The topological polar surface area (TPSA) is 78.4 Å². The van der Waals surface area contributed by atoms with Crippen molar-refractivity contribution in [1.29, 1.82) is 0 Å². The lowest BCUT2D eigenvalue weighted by atomic mass is 9.89. The second-order valence-corrected chi connectivity index (χ2v) is 7.06. The van der Waals surface area contributed by atoms with Gasteiger partial charge in [-0.2, -0.15) is 13.2 Å². The summed E-state index contributed by atoms with van der Waals surface area (Å²) in [5.41, 5.74) is -0.336. The van der Waals surface area contributed by atoms with Crippen molar-refractivity contribution in [2.45, 2.75) is 38.0 Å². The minimum absolute atomic E-state index is 0.239. The number of alkyl halides is 3. The zero-order chi connectivity index (χ0) is 19.8. The maximum absolute atomic E-state index is 13.2. The van der Waals surface area contributed by atoms with E-state index in [2.05, 4.69) is 31.2 Å². The van der Waals surface area contributed by atoms with Gasteiger partial charge in [0, 0.05) is 18.4 Å². The van der Waals surface area contributed by atoms with E-state index in [1.807, 2.05) is 6.92 Å². The number of nitrogens with zero attached hydrogens (tertiary/aromatic N) is 3. The maximum Gasteiger partial charge on any atom is 0.416 e. The Bertz CT molecular complexity index is 845. The zero-order valence-corrected chi connectivity index (χ0v) is 15.8. The van der Waals surface area contributed by atoms with Crippen molar-refractivity contribution in [3.05, 3.63) is 46.2 Å². The molecule has 0 spiro atoms. The molecule has 1 aliphatic heterocycles. The van der Waals surface area contributed by atoms with Gasteiger partial charge >= 0.3 is 12.3 Å². The summed E-state index contributed by atoms with van der Waals surface area (Å²) in [7, 11) is 0. The predicted octanol–water partition coefficient (Wildman–Crippen LogP) is 5.08. The molecule has 1 amide bonds. The third-order valence-corrected chi connectivity index (χ3v) is 4.87. The van der Waals surface area contributed by atoms with E-state index in [0.29, 0.717) is 17.3 Å². The standard InChI is InChI=1S/C17H16BrF3N4O2/c1-2-11-6-13(24-15-22-7-10(18)8-23-15)12-5-9(17(19,20)21)3-4-14(12)25(11)16(26)27/h3-5,7-8,11,13H,2,6H2,1H3,(H,26,27)(H,22,23,24). The second-order valence-electron chi connectivity index (χ2n) is 6.14. The van der Waals surface area contributed by atoms with E-state index in [4.69, 9.17) is 0 Å². The molecule has 0 radical (unpaired) electrons. The number of amides is 1. The lowest BCUT2D eigenvalue weighted by Crippen LogP contribution is -2.45. The monoisotopic (exact) mass is 444 g/mol. The lowest BCUT2D eigenvalue weighted by Gasteiger charge is -2.39. The molecule has 0 fully saturated rings. The highest BCUT2D eigenvalue weighted by Crippen LogP contribution is 2.42. The van der Waals surface area contributed by atoms with Crippen LogP contribution in [0, 0.1) is 0 Å². The lowest BCUT2D eigenvalue weighted by molar-refractivity contribution is -0.137. The van der Waals surface area contributed by atoms with Crippen LogP contribution >= 0.6 is 15.9 Å². The van der Waals surface area contributed by atoms with Crippen LogP contribution in [0.25, 0.3) is 0 Å². The Hall–Kier alpha value is -2.36. The first-order valence-corrected chi connectivity index (χ1v) is 8.97. The highest BCUT2D eigenvalue weighted by Gasteiger charge is 2.38. The van der Waals surface area contributed by atoms with E-state index in [1.54, 1.807) is 0 Å². The second kappa shape index (κ2) is 7.34. The molecule has 1 aromatic heterocycles. The molecule has 2 atom stereocenters. The third-order valence-electron chi connectivity index (χ3n) is 4.46. The highest BCUT2D eigenvalue weighted by atomic mass is 79.9. The molecule has 2 N–H and O–H groups in total. The van der Waals surface area contributed by atoms with Crippen LogP contribution in [0.15, 0.2) is 35.1 Å². The quantitative estimate of drug-likeness (QED) is 0.689. The van der Waals surface area contributed by atoms with Crippen LogP contribution in [0.3, 0.4) is 0 Å². The molecule has 2 aromatic rings. The predicted molar refractivity (Wildman–Crippen MR) is 96.7 cm³/mol. The maximum atomic E-state index is 13.2. The Morgan fingerprint density at radius 1 is 1.37 bits per heavy atom. The van der Waals surface area contributed by atoms with Crippen LogP contribution in [0.1, 0.15) is 36.9 Å². The van der Waals surface area contributed by atoms with Crippen molar-refractivity contribution in [1.82, 2.24) is 9.97 Å². The summed E-state index contributed by atoms with van der Waals surface area (Å²) in [6.45, 7) is 1.84. The van der Waals surface area contributed by atoms with Gasteiger partial charge in [-0.15, -0.1) is 0 Å². The van der Waals surface area contributed by atoms with E-state index in [-0.39, 0.29) is 23.2 Å². The van der Waals surface area contributed by atoms with Crippen molar-refractivity contribution < 1.29 is 23.1 Å². The number of aromatic nitrogens is 2. The van der Waals surface area contributed by atoms with Crippen molar-refractivity contribution >= 4 is 33.7 Å². The zero-order valence-electron chi connectivity index (χ0n) is 14.2. The van der Waals surface area contributed by atoms with Gasteiger partial charge in [0.15, 0.2) is 0 Å². The number of halogens is 4. The molecule has 27 heavy (non-hydrogen) atoms. The van der Waals surface area contributed by atoms with Gasteiger partial charge in [0.1, 0.15) is 0 Å². The molecule has 2 unspecified atom stereocenters. The summed E-state index contributed by atoms with van der Waals surface area (Å²) in [5, 5.41) is 12.6. The molecule has 1 aromatic carbocycles. The molecule has 2 heterocycles. The Morgan fingerprint density at radius 3 is 2.59 bits per heavy atom. The molecule has 144 valence electrons. The Labute approximate surface area is 161 Å². The van der Waals surface area contributed by atoms with Crippen LogP contribution < -0.4 is 10.2 Å². The number of hydrogen-bond acceptors (Lipinski definition) is 4. The average molecular weight is 445 g/mol. The first-order chi connectivity index (χ1) is 12.7. The molecule has 1 aliphatic rings.